The van der Waals surface area contributed by atoms with Crippen molar-refractivity contribution >= 4 is 51.6 Å². The molecule has 2 fully saturated rings. The lowest BCUT2D eigenvalue weighted by Crippen LogP contribution is -2.50. The molecule has 0 bridgehead atoms. The van der Waals surface area contributed by atoms with Crippen molar-refractivity contribution in [1.29, 1.82) is 5.26 Å². The zero-order chi connectivity index (χ0) is 31.0. The second-order valence-corrected chi connectivity index (χ2v) is 11.6. The monoisotopic (exact) mass is 616 g/mol. The van der Waals surface area contributed by atoms with Gasteiger partial charge in [0.05, 0.1) is 29.0 Å². The maximum Gasteiger partial charge on any atom is 0.251 e. The fraction of sp³-hybridized carbons (Fsp3) is 0.312. The number of hydrogen-bond acceptors (Lipinski definition) is 6. The fourth-order valence-corrected chi connectivity index (χ4v) is 6.40. The van der Waals surface area contributed by atoms with Crippen molar-refractivity contribution in [3.05, 3.63) is 83.1 Å². The fourth-order valence-electron chi connectivity index (χ4n) is 6.16. The standard InChI is InChI=1S/C32H27ClF2N6O3/c33-23-5-2-1-4-21(23)30(27(42)10-8-20-15-32(34,35)16-20)41(25-7-3-6-24-22(25)18-38-39-24)31(44)26-9-11-29(43)40(26)28-14-19(17-36)12-13-37-28/h1-7,12-14,18,20,26,30H,8-11,15-16H2,(H,38,39)/t26-,30?/m0/s1. The van der Waals surface area contributed by atoms with Crippen LogP contribution in [0.15, 0.2) is 67.0 Å². The maximum atomic E-state index is 14.8. The van der Waals surface area contributed by atoms with Gasteiger partial charge in [-0.2, -0.15) is 10.4 Å². The van der Waals surface area contributed by atoms with Gasteiger partial charge in [0.2, 0.25) is 11.8 Å². The van der Waals surface area contributed by atoms with Crippen molar-refractivity contribution in [3.8, 4) is 6.07 Å². The molecule has 224 valence electrons. The average Bonchev–Trinajstić information content (AvgIpc) is 3.64. The van der Waals surface area contributed by atoms with E-state index in [-0.39, 0.29) is 72.5 Å². The Labute approximate surface area is 256 Å². The number of ketones is 1. The molecule has 1 N–H and O–H groups in total. The molecule has 1 saturated heterocycles. The predicted octanol–water partition coefficient (Wildman–Crippen LogP) is 6.15. The molecule has 1 aliphatic carbocycles. The number of nitrogens with one attached hydrogen (secondary N) is 1. The quantitative estimate of drug-likeness (QED) is 0.241. The second-order valence-electron chi connectivity index (χ2n) is 11.2. The number of nitriles is 1. The number of halogens is 3. The highest BCUT2D eigenvalue weighted by molar-refractivity contribution is 6.32. The van der Waals surface area contributed by atoms with Crippen molar-refractivity contribution in [2.45, 2.75) is 56.5 Å². The average molecular weight is 617 g/mol. The van der Waals surface area contributed by atoms with E-state index in [0.29, 0.717) is 22.2 Å². The van der Waals surface area contributed by atoms with Gasteiger partial charge in [-0.3, -0.25) is 29.3 Å². The highest BCUT2D eigenvalue weighted by Crippen LogP contribution is 2.45. The van der Waals surface area contributed by atoms with Crippen molar-refractivity contribution in [3.63, 3.8) is 0 Å². The summed E-state index contributed by atoms with van der Waals surface area (Å²) in [6, 6.07) is 14.6. The number of benzene rings is 2. The number of pyridine rings is 1. The summed E-state index contributed by atoms with van der Waals surface area (Å²) >= 11 is 6.66. The third kappa shape index (κ3) is 5.53. The van der Waals surface area contributed by atoms with Crippen LogP contribution in [0.2, 0.25) is 5.02 Å². The van der Waals surface area contributed by atoms with Crippen LogP contribution in [-0.4, -0.2) is 44.7 Å². The normalized spacial score (nSPS) is 18.5. The molecule has 2 atom stereocenters. The van der Waals surface area contributed by atoms with Gasteiger partial charge in [0.1, 0.15) is 17.9 Å². The van der Waals surface area contributed by atoms with Crippen molar-refractivity contribution < 1.29 is 23.2 Å². The summed E-state index contributed by atoms with van der Waals surface area (Å²) in [6.07, 6.45) is 2.78. The first-order chi connectivity index (χ1) is 21.2. The van der Waals surface area contributed by atoms with E-state index in [1.165, 1.54) is 28.1 Å². The molecule has 6 rings (SSSR count). The van der Waals surface area contributed by atoms with Crippen molar-refractivity contribution in [1.82, 2.24) is 15.2 Å². The molecular formula is C32H27ClF2N6O3. The summed E-state index contributed by atoms with van der Waals surface area (Å²) in [7, 11) is 0. The molecule has 1 saturated carbocycles. The molecule has 1 unspecified atom stereocenters. The number of fused-ring (bicyclic) bond motifs is 1. The van der Waals surface area contributed by atoms with Crippen LogP contribution in [0.4, 0.5) is 20.3 Å². The number of carbonyl (C=O) groups excluding carboxylic acids is 3. The van der Waals surface area contributed by atoms with Crippen LogP contribution in [-0.2, 0) is 14.4 Å². The largest absolute Gasteiger partial charge is 0.297 e. The maximum absolute atomic E-state index is 14.8. The van der Waals surface area contributed by atoms with E-state index in [2.05, 4.69) is 15.2 Å². The van der Waals surface area contributed by atoms with Crippen LogP contribution in [0.1, 0.15) is 55.7 Å². The van der Waals surface area contributed by atoms with Crippen LogP contribution < -0.4 is 9.80 Å². The number of aromatic amines is 1. The first-order valence-corrected chi connectivity index (χ1v) is 14.6. The van der Waals surface area contributed by atoms with Crippen LogP contribution in [0.25, 0.3) is 10.9 Å². The number of Topliss-reactive ketones (excluding diaryl/α,β-unsaturated/α-hetero) is 1. The van der Waals surface area contributed by atoms with Crippen molar-refractivity contribution in [2.24, 2.45) is 5.92 Å². The Kier molecular flexibility index (Phi) is 7.86. The summed E-state index contributed by atoms with van der Waals surface area (Å²) in [4.78, 5) is 49.1. The lowest BCUT2D eigenvalue weighted by Gasteiger charge is -2.37. The number of nitrogens with zero attached hydrogens (tertiary/aromatic N) is 5. The molecule has 1 aliphatic heterocycles. The molecular weight excluding hydrogens is 590 g/mol. The van der Waals surface area contributed by atoms with E-state index in [4.69, 9.17) is 11.6 Å². The summed E-state index contributed by atoms with van der Waals surface area (Å²) < 4.78 is 27.1. The van der Waals surface area contributed by atoms with Gasteiger partial charge in [-0.05, 0) is 49.1 Å². The lowest BCUT2D eigenvalue weighted by molar-refractivity contribution is -0.129. The Bertz CT molecular complexity index is 1800. The van der Waals surface area contributed by atoms with Gasteiger partial charge in [-0.1, -0.05) is 35.9 Å². The Balaban J connectivity index is 1.46. The van der Waals surface area contributed by atoms with E-state index in [1.807, 2.05) is 6.07 Å². The zero-order valence-corrected chi connectivity index (χ0v) is 24.2. The molecule has 0 radical (unpaired) electrons. The first-order valence-electron chi connectivity index (χ1n) is 14.2. The Morgan fingerprint density at radius 2 is 1.98 bits per heavy atom. The van der Waals surface area contributed by atoms with E-state index in [0.717, 1.165) is 0 Å². The summed E-state index contributed by atoms with van der Waals surface area (Å²) in [5, 5.41) is 17.3. The molecule has 12 heteroatoms. The smallest absolute Gasteiger partial charge is 0.251 e. The minimum Gasteiger partial charge on any atom is -0.297 e. The van der Waals surface area contributed by atoms with E-state index in [1.54, 1.807) is 48.7 Å². The van der Waals surface area contributed by atoms with E-state index < -0.39 is 23.9 Å². The third-order valence-corrected chi connectivity index (χ3v) is 8.66. The third-order valence-electron chi connectivity index (χ3n) is 8.31. The topological polar surface area (TPSA) is 123 Å². The summed E-state index contributed by atoms with van der Waals surface area (Å²) in [5.74, 6) is -4.14. The van der Waals surface area contributed by atoms with Gasteiger partial charge in [0.15, 0.2) is 5.78 Å². The van der Waals surface area contributed by atoms with Gasteiger partial charge in [0, 0.05) is 47.9 Å². The molecule has 2 aromatic heterocycles. The Morgan fingerprint density at radius 1 is 1.18 bits per heavy atom. The SMILES string of the molecule is N#Cc1ccnc(N2C(=O)CC[C@H]2C(=O)N(c2cccc3[nH]ncc23)C(C(=O)CCC2CC(F)(F)C2)c2ccccc2Cl)c1. The van der Waals surface area contributed by atoms with Crippen LogP contribution >= 0.6 is 11.6 Å². The predicted molar refractivity (Wildman–Crippen MR) is 159 cm³/mol. The number of carbonyl (C=O) groups is 3. The lowest BCUT2D eigenvalue weighted by atomic mass is 9.77. The van der Waals surface area contributed by atoms with Crippen LogP contribution in [0, 0.1) is 17.2 Å². The highest BCUT2D eigenvalue weighted by Gasteiger charge is 2.47. The first kappa shape index (κ1) is 29.4. The van der Waals surface area contributed by atoms with Crippen molar-refractivity contribution in [2.75, 3.05) is 9.80 Å². The van der Waals surface area contributed by atoms with Crippen LogP contribution in [0.3, 0.4) is 0 Å². The molecule has 9 nitrogen and oxygen atoms in total. The minimum atomic E-state index is -2.72. The number of anilines is 2. The number of hydrogen-bond donors (Lipinski definition) is 1. The molecule has 2 aromatic carbocycles. The van der Waals surface area contributed by atoms with Gasteiger partial charge in [0.25, 0.3) is 5.91 Å². The van der Waals surface area contributed by atoms with E-state index in [9.17, 15) is 28.4 Å². The van der Waals surface area contributed by atoms with Crippen LogP contribution in [0.5, 0.6) is 0 Å². The van der Waals surface area contributed by atoms with Gasteiger partial charge in [-0.15, -0.1) is 0 Å². The molecule has 3 heterocycles. The molecule has 0 spiro atoms. The molecule has 4 aromatic rings. The minimum absolute atomic E-state index is 0.0547. The number of amides is 2. The van der Waals surface area contributed by atoms with Gasteiger partial charge < -0.3 is 0 Å². The van der Waals surface area contributed by atoms with E-state index >= 15 is 0 Å². The highest BCUT2D eigenvalue weighted by atomic mass is 35.5. The molecule has 2 amide bonds. The number of aromatic nitrogens is 3. The number of rotatable bonds is 9. The second kappa shape index (κ2) is 11.8. The summed E-state index contributed by atoms with van der Waals surface area (Å²) in [6.45, 7) is 0. The molecule has 2 aliphatic rings. The number of H-pyrrole nitrogens is 1. The van der Waals surface area contributed by atoms with Gasteiger partial charge >= 0.3 is 0 Å². The Hall–Kier alpha value is -4.69. The Morgan fingerprint density at radius 3 is 2.73 bits per heavy atom. The van der Waals surface area contributed by atoms with Gasteiger partial charge in [-0.25, -0.2) is 13.8 Å². The number of alkyl halides is 2. The molecule has 44 heavy (non-hydrogen) atoms. The summed E-state index contributed by atoms with van der Waals surface area (Å²) in [5.41, 5.74) is 1.62. The zero-order valence-electron chi connectivity index (χ0n) is 23.4.